The summed E-state index contributed by atoms with van der Waals surface area (Å²) in [6.45, 7) is 3.59. The van der Waals surface area contributed by atoms with Gasteiger partial charge in [0.2, 0.25) is 0 Å². The van der Waals surface area contributed by atoms with Gasteiger partial charge >= 0.3 is 0 Å². The maximum absolute atomic E-state index is 13.2. The molecule has 0 saturated carbocycles. The Morgan fingerprint density at radius 2 is 1.76 bits per heavy atom. The Hall–Kier alpha value is -4.41. The van der Waals surface area contributed by atoms with E-state index in [1.54, 1.807) is 25.1 Å². The van der Waals surface area contributed by atoms with Crippen LogP contribution in [-0.2, 0) is 6.42 Å². The van der Waals surface area contributed by atoms with Crippen LogP contribution in [0.2, 0.25) is 0 Å². The number of hydrogen-bond donors (Lipinski definition) is 2. The summed E-state index contributed by atoms with van der Waals surface area (Å²) in [5.41, 5.74) is 4.01. The summed E-state index contributed by atoms with van der Waals surface area (Å²) < 4.78 is 11.7. The number of methoxy groups -OCH3 is 2. The predicted molar refractivity (Wildman–Crippen MR) is 126 cm³/mol. The van der Waals surface area contributed by atoms with E-state index in [2.05, 4.69) is 15.6 Å². The molecule has 2 N–H and O–H groups in total. The monoisotopic (exact) mass is 467 g/mol. The van der Waals surface area contributed by atoms with Crippen LogP contribution in [-0.4, -0.2) is 40.5 Å². The van der Waals surface area contributed by atoms with Gasteiger partial charge in [-0.15, -0.1) is 0 Å². The van der Waals surface area contributed by atoms with Crippen molar-refractivity contribution in [3.8, 4) is 17.2 Å². The Balaban J connectivity index is 1.93. The molecule has 1 amide bonds. The maximum atomic E-state index is 13.2. The first-order valence-corrected chi connectivity index (χ1v) is 10.5. The van der Waals surface area contributed by atoms with Gasteiger partial charge in [-0.05, 0) is 37.6 Å². The average molecular weight is 467 g/mol. The van der Waals surface area contributed by atoms with E-state index in [0.29, 0.717) is 40.6 Å². The number of aryl methyl sites for hydroxylation is 1. The second kappa shape index (κ2) is 10.5. The fraction of sp³-hybridized carbons (Fsp3) is 0.261. The normalized spacial score (nSPS) is 11.2. The van der Waals surface area contributed by atoms with Crippen molar-refractivity contribution in [3.05, 3.63) is 79.8 Å². The molecule has 34 heavy (non-hydrogen) atoms. The fourth-order valence-electron chi connectivity index (χ4n) is 3.39. The van der Waals surface area contributed by atoms with Crippen LogP contribution in [0.3, 0.4) is 0 Å². The van der Waals surface area contributed by atoms with E-state index >= 15 is 0 Å². The number of aromatic amines is 1. The van der Waals surface area contributed by atoms with E-state index in [-0.39, 0.29) is 16.8 Å². The van der Waals surface area contributed by atoms with E-state index in [1.165, 1.54) is 43.2 Å². The first kappa shape index (κ1) is 24.2. The minimum absolute atomic E-state index is 0.0769. The highest BCUT2D eigenvalue weighted by Gasteiger charge is 2.19. The van der Waals surface area contributed by atoms with Crippen molar-refractivity contribution in [1.29, 1.82) is 0 Å². The van der Waals surface area contributed by atoms with Crippen molar-refractivity contribution in [2.24, 2.45) is 5.10 Å². The van der Waals surface area contributed by atoms with Gasteiger partial charge < -0.3 is 9.47 Å². The van der Waals surface area contributed by atoms with Crippen molar-refractivity contribution >= 4 is 17.3 Å². The third-order valence-corrected chi connectivity index (χ3v) is 5.08. The second-order valence-corrected chi connectivity index (χ2v) is 7.37. The van der Waals surface area contributed by atoms with Gasteiger partial charge in [-0.2, -0.15) is 5.10 Å². The van der Waals surface area contributed by atoms with E-state index in [9.17, 15) is 19.7 Å². The summed E-state index contributed by atoms with van der Waals surface area (Å²) in [7, 11) is 2.96. The number of H-pyrrole nitrogens is 1. The molecule has 1 aromatic heterocycles. The molecule has 0 fully saturated rings. The average Bonchev–Trinajstić information content (AvgIpc) is 3.17. The molecule has 178 valence electrons. The van der Waals surface area contributed by atoms with Crippen molar-refractivity contribution in [1.82, 2.24) is 15.2 Å². The Kier molecular flexibility index (Phi) is 7.46. The first-order valence-electron chi connectivity index (χ1n) is 10.5. The number of carbonyl (C=O) groups excluding carboxylic acids is 1. The zero-order valence-electron chi connectivity index (χ0n) is 19.2. The van der Waals surface area contributed by atoms with Crippen LogP contribution in [0.4, 0.5) is 5.69 Å². The molecule has 0 unspecified atom stereocenters. The molecule has 0 atom stereocenters. The highest BCUT2D eigenvalue weighted by atomic mass is 16.6. The van der Waals surface area contributed by atoms with Crippen LogP contribution >= 0.6 is 0 Å². The van der Waals surface area contributed by atoms with Gasteiger partial charge in [-0.25, -0.2) is 10.1 Å². The molecule has 0 saturated heterocycles. The number of carbonyl (C=O) groups is 1. The van der Waals surface area contributed by atoms with Crippen LogP contribution in [0.15, 0.2) is 52.4 Å². The molecular weight excluding hydrogens is 442 g/mol. The number of hydrogen-bond acceptors (Lipinski definition) is 7. The Morgan fingerprint density at radius 1 is 1.15 bits per heavy atom. The molecule has 2 aromatic carbocycles. The molecule has 11 nitrogen and oxygen atoms in total. The zero-order chi connectivity index (χ0) is 24.8. The Bertz CT molecular complexity index is 1270. The van der Waals surface area contributed by atoms with Crippen molar-refractivity contribution in [2.75, 3.05) is 14.2 Å². The zero-order valence-corrected chi connectivity index (χ0v) is 19.2. The van der Waals surface area contributed by atoms with Crippen molar-refractivity contribution in [3.63, 3.8) is 0 Å². The molecule has 0 aliphatic rings. The van der Waals surface area contributed by atoms with Gasteiger partial charge in [0.25, 0.3) is 17.2 Å². The number of ether oxygens (including phenoxy) is 2. The fourth-order valence-corrected chi connectivity index (χ4v) is 3.39. The van der Waals surface area contributed by atoms with Gasteiger partial charge in [-0.1, -0.05) is 13.3 Å². The minimum atomic E-state index is -0.507. The highest BCUT2D eigenvalue weighted by molar-refractivity contribution is 6.01. The van der Waals surface area contributed by atoms with Gasteiger partial charge in [0.1, 0.15) is 11.5 Å². The topological polar surface area (TPSA) is 141 Å². The smallest absolute Gasteiger partial charge is 0.280 e. The number of rotatable bonds is 9. The first-order chi connectivity index (χ1) is 16.3. The molecule has 0 aliphatic heterocycles. The van der Waals surface area contributed by atoms with Crippen LogP contribution in [0.1, 0.15) is 41.9 Å². The largest absolute Gasteiger partial charge is 0.497 e. The minimum Gasteiger partial charge on any atom is -0.497 e. The van der Waals surface area contributed by atoms with Crippen LogP contribution in [0, 0.1) is 10.1 Å². The lowest BCUT2D eigenvalue weighted by Crippen LogP contribution is -2.23. The number of amides is 1. The summed E-state index contributed by atoms with van der Waals surface area (Å²) in [4.78, 5) is 36.2. The number of benzene rings is 2. The molecule has 0 radical (unpaired) electrons. The van der Waals surface area contributed by atoms with Gasteiger partial charge in [-0.3, -0.25) is 24.8 Å². The summed E-state index contributed by atoms with van der Waals surface area (Å²) in [6.07, 6.45) is 1.33. The van der Waals surface area contributed by atoms with Crippen LogP contribution < -0.4 is 20.5 Å². The molecule has 0 bridgehead atoms. The predicted octanol–water partition coefficient (Wildman–Crippen LogP) is 3.20. The number of non-ortho nitro benzene ring substituents is 1. The summed E-state index contributed by atoms with van der Waals surface area (Å²) in [6, 6.07) is 10.4. The van der Waals surface area contributed by atoms with E-state index in [1.807, 2.05) is 6.92 Å². The second-order valence-electron chi connectivity index (χ2n) is 7.37. The van der Waals surface area contributed by atoms with E-state index < -0.39 is 10.8 Å². The van der Waals surface area contributed by atoms with E-state index in [4.69, 9.17) is 9.47 Å². The standard InChI is InChI=1S/C23H25N5O6/c1-5-6-20-21(23(30)27(26-20)16-7-9-17(10-8-16)28(31)32)14(2)24-25-22(29)15-11-18(33-3)13-19(12-15)34-4/h7-13,26H,5-6H2,1-4H3,(H,25,29). The molecular formula is C23H25N5O6. The molecule has 3 aromatic rings. The molecule has 0 aliphatic carbocycles. The Morgan fingerprint density at radius 3 is 2.29 bits per heavy atom. The molecule has 0 spiro atoms. The molecule has 1 heterocycles. The van der Waals surface area contributed by atoms with Gasteiger partial charge in [0, 0.05) is 29.5 Å². The van der Waals surface area contributed by atoms with Crippen LogP contribution in [0.25, 0.3) is 5.69 Å². The number of aromatic nitrogens is 2. The van der Waals surface area contributed by atoms with Crippen LogP contribution in [0.5, 0.6) is 11.5 Å². The molecule has 11 heteroatoms. The molecule has 3 rings (SSSR count). The third-order valence-electron chi connectivity index (χ3n) is 5.08. The number of nitrogens with one attached hydrogen (secondary N) is 2. The maximum Gasteiger partial charge on any atom is 0.280 e. The summed E-state index contributed by atoms with van der Waals surface area (Å²) in [5, 5.41) is 18.1. The quantitative estimate of drug-likeness (QED) is 0.281. The van der Waals surface area contributed by atoms with E-state index in [0.717, 1.165) is 6.42 Å². The number of nitro groups is 1. The third kappa shape index (κ3) is 5.14. The van der Waals surface area contributed by atoms with Crippen molar-refractivity contribution in [2.45, 2.75) is 26.7 Å². The lowest BCUT2D eigenvalue weighted by molar-refractivity contribution is -0.384. The van der Waals surface area contributed by atoms with Gasteiger partial charge in [0.05, 0.1) is 36.1 Å². The lowest BCUT2D eigenvalue weighted by Gasteiger charge is -2.08. The number of nitrogens with zero attached hydrogens (tertiary/aromatic N) is 3. The Labute approximate surface area is 195 Å². The van der Waals surface area contributed by atoms with Gasteiger partial charge in [0.15, 0.2) is 0 Å². The summed E-state index contributed by atoms with van der Waals surface area (Å²) in [5.74, 6) is 0.402. The summed E-state index contributed by atoms with van der Waals surface area (Å²) >= 11 is 0. The SMILES string of the molecule is CCCc1[nH]n(-c2ccc([N+](=O)[O-])cc2)c(=O)c1C(C)=NNC(=O)c1cc(OC)cc(OC)c1. The number of nitro benzene ring substituents is 1. The highest BCUT2D eigenvalue weighted by Crippen LogP contribution is 2.22. The number of hydrazone groups is 1. The lowest BCUT2D eigenvalue weighted by atomic mass is 10.1. The van der Waals surface area contributed by atoms with Crippen molar-refractivity contribution < 1.29 is 19.2 Å².